The summed E-state index contributed by atoms with van der Waals surface area (Å²) in [6.07, 6.45) is 0. The minimum Gasteiger partial charge on any atom is -0.350 e. The molecule has 0 spiro atoms. The number of amides is 2. The van der Waals surface area contributed by atoms with Crippen LogP contribution in [0.5, 0.6) is 0 Å². The zero-order chi connectivity index (χ0) is 24.7. The molecule has 0 bridgehead atoms. The van der Waals surface area contributed by atoms with Gasteiger partial charge in [-0.15, -0.1) is 11.3 Å². The van der Waals surface area contributed by atoms with Crippen LogP contribution in [0.4, 0.5) is 10.1 Å². The van der Waals surface area contributed by atoms with Crippen molar-refractivity contribution in [3.8, 4) is 10.6 Å². The molecule has 2 amide bonds. The highest BCUT2D eigenvalue weighted by atomic mass is 32.1. The van der Waals surface area contributed by atoms with E-state index in [4.69, 9.17) is 0 Å². The van der Waals surface area contributed by atoms with Gasteiger partial charge in [0.25, 0.3) is 5.91 Å². The zero-order valence-electron chi connectivity index (χ0n) is 19.7. The van der Waals surface area contributed by atoms with E-state index in [1.165, 1.54) is 12.1 Å². The zero-order valence-corrected chi connectivity index (χ0v) is 20.5. The highest BCUT2D eigenvalue weighted by molar-refractivity contribution is 7.13. The molecular weight excluding hydrogens is 463 g/mol. The lowest BCUT2D eigenvalue weighted by Crippen LogP contribution is -2.64. The number of fused-ring (bicyclic) bond motifs is 1. The third-order valence-electron chi connectivity index (χ3n) is 6.60. The Morgan fingerprint density at radius 1 is 1.14 bits per heavy atom. The molecule has 8 heteroatoms. The fraction of sp³-hybridized carbons (Fsp3) is 0.222. The van der Waals surface area contributed by atoms with Crippen molar-refractivity contribution in [3.63, 3.8) is 0 Å². The van der Waals surface area contributed by atoms with Gasteiger partial charge in [0.1, 0.15) is 22.7 Å². The molecule has 178 valence electrons. The lowest BCUT2D eigenvalue weighted by molar-refractivity contribution is -0.126. The Kier molecular flexibility index (Phi) is 5.76. The van der Waals surface area contributed by atoms with Gasteiger partial charge in [-0.05, 0) is 73.2 Å². The molecule has 2 aromatic heterocycles. The largest absolute Gasteiger partial charge is 0.350 e. The molecular formula is C27H25FN4O2S. The number of nitrogens with zero attached hydrogens (tertiary/aromatic N) is 3. The van der Waals surface area contributed by atoms with Gasteiger partial charge in [0.05, 0.1) is 11.4 Å². The maximum absolute atomic E-state index is 13.9. The van der Waals surface area contributed by atoms with E-state index in [9.17, 15) is 14.0 Å². The van der Waals surface area contributed by atoms with E-state index in [0.717, 1.165) is 21.6 Å². The van der Waals surface area contributed by atoms with Crippen molar-refractivity contribution in [2.75, 3.05) is 4.90 Å². The lowest BCUT2D eigenvalue weighted by Gasteiger charge is -2.43. The van der Waals surface area contributed by atoms with E-state index in [1.807, 2.05) is 49.6 Å². The first-order chi connectivity index (χ1) is 16.8. The third kappa shape index (κ3) is 4.04. The topological polar surface area (TPSA) is 67.2 Å². The maximum Gasteiger partial charge on any atom is 0.277 e. The van der Waals surface area contributed by atoms with Crippen molar-refractivity contribution >= 4 is 28.8 Å². The molecule has 0 aliphatic carbocycles. The molecule has 1 N–H and O–H groups in total. The second-order valence-corrected chi connectivity index (χ2v) is 9.94. The average molecular weight is 489 g/mol. The van der Waals surface area contributed by atoms with Crippen molar-refractivity contribution < 1.29 is 14.0 Å². The summed E-state index contributed by atoms with van der Waals surface area (Å²) in [4.78, 5) is 30.2. The third-order valence-corrected chi connectivity index (χ3v) is 7.49. The average Bonchev–Trinajstić information content (AvgIpc) is 3.51. The van der Waals surface area contributed by atoms with Crippen LogP contribution in [-0.4, -0.2) is 27.1 Å². The summed E-state index contributed by atoms with van der Waals surface area (Å²) in [7, 11) is 0. The number of hydrogen-bond donors (Lipinski definition) is 1. The predicted octanol–water partition coefficient (Wildman–Crippen LogP) is 5.10. The van der Waals surface area contributed by atoms with Crippen molar-refractivity contribution in [3.05, 3.63) is 94.2 Å². The number of hydrogen-bond acceptors (Lipinski definition) is 4. The molecule has 2 aromatic carbocycles. The van der Waals surface area contributed by atoms with Crippen LogP contribution in [0, 0.1) is 19.7 Å². The van der Waals surface area contributed by atoms with Gasteiger partial charge in [-0.1, -0.05) is 30.3 Å². The van der Waals surface area contributed by atoms with Gasteiger partial charge in [-0.25, -0.2) is 4.39 Å². The molecule has 35 heavy (non-hydrogen) atoms. The van der Waals surface area contributed by atoms with Gasteiger partial charge < -0.3 is 5.32 Å². The Labute approximate surface area is 207 Å². The summed E-state index contributed by atoms with van der Waals surface area (Å²) in [6.45, 7) is 6.12. The number of aryl methyl sites for hydroxylation is 1. The first kappa shape index (κ1) is 23.0. The van der Waals surface area contributed by atoms with Gasteiger partial charge in [0.2, 0.25) is 5.91 Å². The highest BCUT2D eigenvalue weighted by Crippen LogP contribution is 2.37. The minimum atomic E-state index is -1.23. The van der Waals surface area contributed by atoms with Crippen LogP contribution in [-0.2, 0) is 17.9 Å². The number of rotatable bonds is 5. The normalized spacial score (nSPS) is 17.4. The Morgan fingerprint density at radius 3 is 2.63 bits per heavy atom. The Balaban J connectivity index is 1.56. The predicted molar refractivity (Wildman–Crippen MR) is 135 cm³/mol. The number of halogens is 1. The van der Waals surface area contributed by atoms with Gasteiger partial charge in [-0.2, -0.15) is 5.10 Å². The molecule has 4 aromatic rings. The van der Waals surface area contributed by atoms with E-state index in [-0.39, 0.29) is 30.7 Å². The SMILES string of the molecule is Cc1cccc(N2C(=O)c3cc(-c4cccs4)nn3C[C@@]2(C)C(=O)NCc2ccc(F)cc2)c1C. The quantitative estimate of drug-likeness (QED) is 0.425. The molecule has 1 atom stereocenters. The Morgan fingerprint density at radius 2 is 1.91 bits per heavy atom. The first-order valence-corrected chi connectivity index (χ1v) is 12.2. The lowest BCUT2D eigenvalue weighted by atomic mass is 9.92. The van der Waals surface area contributed by atoms with Crippen LogP contribution < -0.4 is 10.2 Å². The van der Waals surface area contributed by atoms with E-state index < -0.39 is 5.54 Å². The summed E-state index contributed by atoms with van der Waals surface area (Å²) in [5, 5.41) is 9.59. The van der Waals surface area contributed by atoms with Crippen LogP contribution in [0.1, 0.15) is 34.1 Å². The van der Waals surface area contributed by atoms with E-state index in [2.05, 4.69) is 10.4 Å². The van der Waals surface area contributed by atoms with E-state index >= 15 is 0 Å². The number of aromatic nitrogens is 2. The molecule has 1 aliphatic rings. The van der Waals surface area contributed by atoms with Crippen LogP contribution in [0.3, 0.4) is 0 Å². The molecule has 1 aliphatic heterocycles. The summed E-state index contributed by atoms with van der Waals surface area (Å²) < 4.78 is 14.9. The minimum absolute atomic E-state index is 0.197. The van der Waals surface area contributed by atoms with E-state index in [0.29, 0.717) is 17.1 Å². The number of benzene rings is 2. The van der Waals surface area contributed by atoms with Crippen LogP contribution in [0.15, 0.2) is 66.0 Å². The van der Waals surface area contributed by atoms with Crippen molar-refractivity contribution in [2.24, 2.45) is 0 Å². The van der Waals surface area contributed by atoms with Crippen molar-refractivity contribution in [2.45, 2.75) is 39.4 Å². The molecule has 3 heterocycles. The van der Waals surface area contributed by atoms with Crippen LogP contribution >= 0.6 is 11.3 Å². The molecule has 5 rings (SSSR count). The number of carbonyl (C=O) groups is 2. The number of carbonyl (C=O) groups excluding carboxylic acids is 2. The Bertz CT molecular complexity index is 1410. The smallest absolute Gasteiger partial charge is 0.277 e. The second kappa shape index (κ2) is 8.78. The fourth-order valence-corrected chi connectivity index (χ4v) is 5.14. The van der Waals surface area contributed by atoms with Gasteiger partial charge >= 0.3 is 0 Å². The number of thiophene rings is 1. The number of anilines is 1. The van der Waals surface area contributed by atoms with Crippen LogP contribution in [0.2, 0.25) is 0 Å². The fourth-order valence-electron chi connectivity index (χ4n) is 4.46. The molecule has 0 radical (unpaired) electrons. The standard InChI is InChI=1S/C27H25FN4O2S/c1-17-6-4-7-22(18(17)2)32-25(33)23-14-21(24-8-5-13-35-24)30-31(23)16-27(32,3)26(34)29-15-19-9-11-20(28)12-10-19/h4-14H,15-16H2,1-3H3,(H,29,34)/t27-/m0/s1. The van der Waals surface area contributed by atoms with Crippen LogP contribution in [0.25, 0.3) is 10.6 Å². The summed E-state index contributed by atoms with van der Waals surface area (Å²) >= 11 is 1.55. The summed E-state index contributed by atoms with van der Waals surface area (Å²) in [5.74, 6) is -0.923. The highest BCUT2D eigenvalue weighted by Gasteiger charge is 2.49. The Hall–Kier alpha value is -3.78. The van der Waals surface area contributed by atoms with E-state index in [1.54, 1.807) is 46.0 Å². The van der Waals surface area contributed by atoms with Gasteiger partial charge in [0, 0.05) is 12.2 Å². The summed E-state index contributed by atoms with van der Waals surface area (Å²) in [5.41, 5.74) is 3.34. The molecule has 0 fully saturated rings. The van der Waals surface area contributed by atoms with Gasteiger partial charge in [0.15, 0.2) is 0 Å². The maximum atomic E-state index is 13.9. The number of nitrogens with one attached hydrogen (secondary N) is 1. The first-order valence-electron chi connectivity index (χ1n) is 11.3. The molecule has 6 nitrogen and oxygen atoms in total. The molecule has 0 saturated carbocycles. The monoisotopic (exact) mass is 488 g/mol. The summed E-state index contributed by atoms with van der Waals surface area (Å²) in [6, 6.07) is 17.4. The molecule has 0 unspecified atom stereocenters. The van der Waals surface area contributed by atoms with Crippen molar-refractivity contribution in [1.82, 2.24) is 15.1 Å². The van der Waals surface area contributed by atoms with Crippen molar-refractivity contribution in [1.29, 1.82) is 0 Å². The molecule has 0 saturated heterocycles. The second-order valence-electron chi connectivity index (χ2n) is 8.99. The van der Waals surface area contributed by atoms with Gasteiger partial charge in [-0.3, -0.25) is 19.2 Å².